The van der Waals surface area contributed by atoms with Crippen LogP contribution >= 0.6 is 0 Å². The van der Waals surface area contributed by atoms with Crippen molar-refractivity contribution in [3.8, 4) is 11.4 Å². The smallest absolute Gasteiger partial charge is 0.227 e. The molecule has 1 unspecified atom stereocenters. The molecule has 6 heteroatoms. The summed E-state index contributed by atoms with van der Waals surface area (Å²) in [6.45, 7) is 0.759. The molecule has 3 aromatic rings. The molecule has 1 amide bonds. The molecular formula is C18H18N4O2. The molecule has 1 saturated heterocycles. The van der Waals surface area contributed by atoms with Crippen molar-refractivity contribution in [2.45, 2.75) is 25.7 Å². The van der Waals surface area contributed by atoms with E-state index in [0.717, 1.165) is 42.3 Å². The van der Waals surface area contributed by atoms with Crippen LogP contribution in [0.2, 0.25) is 0 Å². The largest absolute Gasteiger partial charge is 0.356 e. The second kappa shape index (κ2) is 6.39. The van der Waals surface area contributed by atoms with E-state index >= 15 is 0 Å². The van der Waals surface area contributed by atoms with Crippen molar-refractivity contribution in [1.82, 2.24) is 20.4 Å². The number of nitrogens with zero attached hydrogens (tertiary/aromatic N) is 3. The third-order valence-electron chi connectivity index (χ3n) is 4.40. The Bertz CT molecular complexity index is 874. The van der Waals surface area contributed by atoms with Crippen molar-refractivity contribution >= 4 is 16.8 Å². The Labute approximate surface area is 139 Å². The minimum Gasteiger partial charge on any atom is -0.356 e. The van der Waals surface area contributed by atoms with Crippen LogP contribution in [0.15, 0.2) is 41.1 Å². The first kappa shape index (κ1) is 14.8. The maximum absolute atomic E-state index is 12.0. The zero-order valence-corrected chi connectivity index (χ0v) is 13.2. The topological polar surface area (TPSA) is 80.9 Å². The lowest BCUT2D eigenvalue weighted by Gasteiger charge is -2.09. The third kappa shape index (κ3) is 2.99. The lowest BCUT2D eigenvalue weighted by molar-refractivity contribution is -0.124. The van der Waals surface area contributed by atoms with Gasteiger partial charge in [0.15, 0.2) is 0 Å². The minimum atomic E-state index is -0.0818. The van der Waals surface area contributed by atoms with Gasteiger partial charge in [-0.3, -0.25) is 9.78 Å². The minimum absolute atomic E-state index is 0.0818. The summed E-state index contributed by atoms with van der Waals surface area (Å²) in [7, 11) is 0. The van der Waals surface area contributed by atoms with Crippen molar-refractivity contribution in [3.63, 3.8) is 0 Å². The Kier molecular flexibility index (Phi) is 3.94. The molecule has 1 atom stereocenters. The molecule has 3 heterocycles. The molecule has 24 heavy (non-hydrogen) atoms. The molecule has 4 rings (SSSR count). The molecule has 0 bridgehead atoms. The van der Waals surface area contributed by atoms with Crippen LogP contribution in [0.4, 0.5) is 0 Å². The third-order valence-corrected chi connectivity index (χ3v) is 4.40. The van der Waals surface area contributed by atoms with Crippen LogP contribution in [0.25, 0.3) is 22.3 Å². The fraction of sp³-hybridized carbons (Fsp3) is 0.333. The summed E-state index contributed by atoms with van der Waals surface area (Å²) in [5.41, 5.74) is 1.82. The monoisotopic (exact) mass is 322 g/mol. The predicted molar refractivity (Wildman–Crippen MR) is 89.1 cm³/mol. The van der Waals surface area contributed by atoms with Gasteiger partial charge in [-0.05, 0) is 37.1 Å². The van der Waals surface area contributed by atoms with Crippen LogP contribution in [0.1, 0.15) is 25.2 Å². The van der Waals surface area contributed by atoms with E-state index in [2.05, 4.69) is 20.4 Å². The van der Waals surface area contributed by atoms with Gasteiger partial charge in [0, 0.05) is 36.0 Å². The zero-order chi connectivity index (χ0) is 16.4. The van der Waals surface area contributed by atoms with E-state index in [1.807, 2.05) is 30.3 Å². The highest BCUT2D eigenvalue weighted by Gasteiger charge is 2.23. The molecule has 0 saturated carbocycles. The van der Waals surface area contributed by atoms with E-state index in [4.69, 9.17) is 4.52 Å². The molecule has 1 N–H and O–H groups in total. The van der Waals surface area contributed by atoms with Gasteiger partial charge < -0.3 is 9.84 Å². The molecule has 0 aliphatic carbocycles. The highest BCUT2D eigenvalue weighted by molar-refractivity contribution is 5.83. The van der Waals surface area contributed by atoms with Crippen LogP contribution in [-0.4, -0.2) is 27.6 Å². The molecule has 122 valence electrons. The quantitative estimate of drug-likeness (QED) is 0.802. The Balaban J connectivity index is 1.56. The van der Waals surface area contributed by atoms with Gasteiger partial charge in [-0.25, -0.2) is 0 Å². The van der Waals surface area contributed by atoms with Crippen molar-refractivity contribution in [2.75, 3.05) is 6.54 Å². The maximum atomic E-state index is 12.0. The summed E-state index contributed by atoms with van der Waals surface area (Å²) in [5, 5.41) is 8.04. The molecule has 1 aliphatic heterocycles. The zero-order valence-electron chi connectivity index (χ0n) is 13.2. The summed E-state index contributed by atoms with van der Waals surface area (Å²) in [5.74, 6) is 1.06. The normalized spacial score (nSPS) is 18.3. The van der Waals surface area contributed by atoms with Crippen LogP contribution in [0.5, 0.6) is 0 Å². The second-order valence-corrected chi connectivity index (χ2v) is 6.11. The summed E-state index contributed by atoms with van der Waals surface area (Å²) in [6, 6.07) is 9.78. The molecule has 6 nitrogen and oxygen atoms in total. The Morgan fingerprint density at radius 1 is 1.25 bits per heavy atom. The lowest BCUT2D eigenvalue weighted by Crippen LogP contribution is -2.30. The number of benzene rings is 1. The molecule has 0 radical (unpaired) electrons. The highest BCUT2D eigenvalue weighted by Crippen LogP contribution is 2.23. The predicted octanol–water partition coefficient (Wildman–Crippen LogP) is 2.74. The van der Waals surface area contributed by atoms with Gasteiger partial charge in [0.2, 0.25) is 17.6 Å². The summed E-state index contributed by atoms with van der Waals surface area (Å²) < 4.78 is 5.37. The number of amides is 1. The van der Waals surface area contributed by atoms with E-state index in [9.17, 15) is 4.79 Å². The first-order valence-electron chi connectivity index (χ1n) is 8.25. The fourth-order valence-corrected chi connectivity index (χ4v) is 3.08. The molecule has 1 aliphatic rings. The van der Waals surface area contributed by atoms with Crippen molar-refractivity contribution in [3.05, 3.63) is 42.4 Å². The number of carbonyl (C=O) groups excluding carboxylic acids is 1. The fourth-order valence-electron chi connectivity index (χ4n) is 3.08. The summed E-state index contributed by atoms with van der Waals surface area (Å²) in [6.07, 6.45) is 5.20. The SMILES string of the molecule is O=C1NCCCCC1Cc1nc(-c2ccc3ncccc3c2)no1. The standard InChI is InChI=1S/C18H18N4O2/c23-18-14(4-1-2-8-20-18)11-16-21-17(22-24-16)13-6-7-15-12(10-13)5-3-9-19-15/h3,5-7,9-10,14H,1-2,4,8,11H2,(H,20,23). The molecular weight excluding hydrogens is 304 g/mol. The highest BCUT2D eigenvalue weighted by atomic mass is 16.5. The van der Waals surface area contributed by atoms with Gasteiger partial charge >= 0.3 is 0 Å². The van der Waals surface area contributed by atoms with Gasteiger partial charge in [-0.1, -0.05) is 17.6 Å². The van der Waals surface area contributed by atoms with Gasteiger partial charge in [-0.15, -0.1) is 0 Å². The van der Waals surface area contributed by atoms with Crippen molar-refractivity contribution in [1.29, 1.82) is 0 Å². The number of aromatic nitrogens is 3. The summed E-state index contributed by atoms with van der Waals surface area (Å²) in [4.78, 5) is 20.8. The van der Waals surface area contributed by atoms with E-state index in [1.165, 1.54) is 0 Å². The van der Waals surface area contributed by atoms with Crippen LogP contribution in [-0.2, 0) is 11.2 Å². The molecule has 2 aromatic heterocycles. The summed E-state index contributed by atoms with van der Waals surface area (Å²) >= 11 is 0. The number of hydrogen-bond acceptors (Lipinski definition) is 5. The molecule has 0 spiro atoms. The van der Waals surface area contributed by atoms with E-state index in [1.54, 1.807) is 6.20 Å². The Hall–Kier alpha value is -2.76. The second-order valence-electron chi connectivity index (χ2n) is 6.11. The van der Waals surface area contributed by atoms with E-state index in [0.29, 0.717) is 18.1 Å². The maximum Gasteiger partial charge on any atom is 0.227 e. The number of carbonyl (C=O) groups is 1. The van der Waals surface area contributed by atoms with Crippen molar-refractivity contribution in [2.24, 2.45) is 5.92 Å². The van der Waals surface area contributed by atoms with Gasteiger partial charge in [-0.2, -0.15) is 4.98 Å². The van der Waals surface area contributed by atoms with Gasteiger partial charge in [0.1, 0.15) is 0 Å². The van der Waals surface area contributed by atoms with E-state index < -0.39 is 0 Å². The van der Waals surface area contributed by atoms with Crippen molar-refractivity contribution < 1.29 is 9.32 Å². The number of nitrogens with one attached hydrogen (secondary N) is 1. The van der Waals surface area contributed by atoms with Crippen LogP contribution < -0.4 is 5.32 Å². The van der Waals surface area contributed by atoms with Crippen LogP contribution in [0, 0.1) is 5.92 Å². The van der Waals surface area contributed by atoms with Gasteiger partial charge in [0.25, 0.3) is 0 Å². The first-order chi connectivity index (χ1) is 11.8. The Morgan fingerprint density at radius 2 is 2.21 bits per heavy atom. The van der Waals surface area contributed by atoms with Crippen LogP contribution in [0.3, 0.4) is 0 Å². The molecule has 1 aromatic carbocycles. The van der Waals surface area contributed by atoms with E-state index in [-0.39, 0.29) is 11.8 Å². The lowest BCUT2D eigenvalue weighted by atomic mass is 9.99. The average Bonchev–Trinajstić information content (AvgIpc) is 2.99. The molecule has 1 fully saturated rings. The number of fused-ring (bicyclic) bond motifs is 1. The Morgan fingerprint density at radius 3 is 3.17 bits per heavy atom. The van der Waals surface area contributed by atoms with Gasteiger partial charge in [0.05, 0.1) is 5.52 Å². The number of pyridine rings is 1. The average molecular weight is 322 g/mol. The first-order valence-corrected chi connectivity index (χ1v) is 8.25. The number of rotatable bonds is 3. The number of hydrogen-bond donors (Lipinski definition) is 1.